The van der Waals surface area contributed by atoms with E-state index >= 15 is 0 Å². The lowest BCUT2D eigenvalue weighted by Gasteiger charge is -2.32. The largest absolute Gasteiger partial charge is 0.489 e. The predicted molar refractivity (Wildman–Crippen MR) is 249 cm³/mol. The molecular formula is C50H55BN8O3. The van der Waals surface area contributed by atoms with Gasteiger partial charge in [-0.1, -0.05) is 92.4 Å². The molecular weight excluding hydrogens is 771 g/mol. The Bertz CT molecular complexity index is 2620. The zero-order valence-corrected chi connectivity index (χ0v) is 34.5. The van der Waals surface area contributed by atoms with Gasteiger partial charge < -0.3 is 34.6 Å². The first kappa shape index (κ1) is 42.4. The summed E-state index contributed by atoms with van der Waals surface area (Å²) in [7, 11) is -0.378. The van der Waals surface area contributed by atoms with Crippen molar-refractivity contribution in [2.75, 3.05) is 26.2 Å². The molecule has 2 aliphatic heterocycles. The first-order valence-electron chi connectivity index (χ1n) is 21.4. The third-order valence-corrected chi connectivity index (χ3v) is 11.7. The summed E-state index contributed by atoms with van der Waals surface area (Å²) in [6.45, 7) is 6.84. The van der Waals surface area contributed by atoms with Crippen molar-refractivity contribution in [3.05, 3.63) is 156 Å². The molecule has 10 rings (SSSR count). The van der Waals surface area contributed by atoms with Crippen LogP contribution in [0.5, 0.6) is 11.5 Å². The standard InChI is InChI=1S/C25H27BN4O2.C24H24N4O.CH4/c1-26(31)30-15-13-19(14-16-30)22-11-12-23-25(27-22)29-24(28-23)20-9-7-18(8-10-20)17-32-21-5-3-2-4-6-21;1-2-4-20(5-3-1)29-16-17-6-8-19(9-7-17)23-27-22-11-10-21(26-24(22)28-23)18-12-14-25-15-13-18;/h2-12,19,31H,13-17H2,1H3,(H,27,28,29);1-11,18,25H,12-16H2,(H,26,27,28);1H4. The van der Waals surface area contributed by atoms with Gasteiger partial charge in [-0.15, -0.1) is 0 Å². The van der Waals surface area contributed by atoms with Crippen LogP contribution < -0.4 is 14.8 Å². The predicted octanol–water partition coefficient (Wildman–Crippen LogP) is 9.80. The molecule has 2 saturated heterocycles. The van der Waals surface area contributed by atoms with E-state index in [1.165, 1.54) is 0 Å². The number of piperidine rings is 2. The second kappa shape index (κ2) is 20.0. The Labute approximate surface area is 364 Å². The molecule has 0 radical (unpaired) electrons. The Morgan fingerprint density at radius 1 is 0.565 bits per heavy atom. The first-order valence-corrected chi connectivity index (χ1v) is 21.4. The van der Waals surface area contributed by atoms with Crippen molar-refractivity contribution in [2.45, 2.75) is 65.0 Å². The molecule has 0 amide bonds. The lowest BCUT2D eigenvalue weighted by molar-refractivity contribution is 0.287. The molecule has 2 fully saturated rings. The van der Waals surface area contributed by atoms with Gasteiger partial charge >= 0.3 is 7.05 Å². The Balaban J connectivity index is 0.000000169. The summed E-state index contributed by atoms with van der Waals surface area (Å²) < 4.78 is 11.6. The Morgan fingerprint density at radius 3 is 1.44 bits per heavy atom. The van der Waals surface area contributed by atoms with Crippen LogP contribution in [-0.4, -0.2) is 73.0 Å². The lowest BCUT2D eigenvalue weighted by atomic mass is 9.80. The van der Waals surface area contributed by atoms with Gasteiger partial charge in [-0.25, -0.2) is 19.9 Å². The number of nitrogens with one attached hydrogen (secondary N) is 3. The SMILES string of the molecule is C.CB(O)N1CCC(c2ccc3[nH]c(-c4ccc(COc5ccccc5)cc4)nc3n2)CC1.c1ccc(OCc2ccc(-c3nc4nc(C5CCNCC5)ccc4[nH]3)cc2)cc1. The van der Waals surface area contributed by atoms with Gasteiger partial charge in [0.15, 0.2) is 11.3 Å². The van der Waals surface area contributed by atoms with Crippen LogP contribution in [0.2, 0.25) is 6.82 Å². The number of H-pyrrole nitrogens is 2. The number of benzene rings is 4. The van der Waals surface area contributed by atoms with Crippen molar-refractivity contribution in [3.8, 4) is 34.3 Å². The van der Waals surface area contributed by atoms with Crippen LogP contribution >= 0.6 is 0 Å². The van der Waals surface area contributed by atoms with Crippen molar-refractivity contribution in [2.24, 2.45) is 0 Å². The smallest absolute Gasteiger partial charge is 0.376 e. The topological polar surface area (TPSA) is 137 Å². The zero-order valence-electron chi connectivity index (χ0n) is 34.5. The minimum atomic E-state index is -0.378. The van der Waals surface area contributed by atoms with E-state index in [-0.39, 0.29) is 14.5 Å². The van der Waals surface area contributed by atoms with Crippen molar-refractivity contribution < 1.29 is 14.5 Å². The average molecular weight is 827 g/mol. The number of imidazole rings is 2. The third kappa shape index (κ3) is 10.4. The van der Waals surface area contributed by atoms with Crippen LogP contribution in [0.15, 0.2) is 133 Å². The number of fused-ring (bicyclic) bond motifs is 2. The van der Waals surface area contributed by atoms with Gasteiger partial charge in [0.05, 0.1) is 11.0 Å². The fraction of sp³-hybridized carbons (Fsp3) is 0.280. The molecule has 11 nitrogen and oxygen atoms in total. The lowest BCUT2D eigenvalue weighted by Crippen LogP contribution is -2.42. The van der Waals surface area contributed by atoms with Gasteiger partial charge in [0.2, 0.25) is 0 Å². The molecule has 8 aromatic rings. The normalized spacial score (nSPS) is 14.8. The second-order valence-electron chi connectivity index (χ2n) is 15.9. The average Bonchev–Trinajstić information content (AvgIpc) is 3.96. The third-order valence-electron chi connectivity index (χ3n) is 11.7. The van der Waals surface area contributed by atoms with E-state index in [4.69, 9.17) is 29.4 Å². The van der Waals surface area contributed by atoms with Crippen LogP contribution in [-0.2, 0) is 13.2 Å². The van der Waals surface area contributed by atoms with Crippen LogP contribution in [0.1, 0.15) is 67.5 Å². The summed E-state index contributed by atoms with van der Waals surface area (Å²) in [5, 5.41) is 13.2. The molecule has 0 spiro atoms. The number of aromatic nitrogens is 6. The van der Waals surface area contributed by atoms with Crippen LogP contribution in [0.25, 0.3) is 45.1 Å². The number of pyridine rings is 2. The molecule has 4 aromatic carbocycles. The molecule has 62 heavy (non-hydrogen) atoms. The molecule has 0 unspecified atom stereocenters. The Hall–Kier alpha value is -6.34. The van der Waals surface area contributed by atoms with Gasteiger partial charge in [-0.3, -0.25) is 0 Å². The molecule has 4 N–H and O–H groups in total. The minimum Gasteiger partial charge on any atom is -0.489 e. The molecule has 316 valence electrons. The summed E-state index contributed by atoms with van der Waals surface area (Å²) >= 11 is 0. The molecule has 6 heterocycles. The highest BCUT2D eigenvalue weighted by Crippen LogP contribution is 2.30. The van der Waals surface area contributed by atoms with Gasteiger partial charge in [0.25, 0.3) is 0 Å². The number of rotatable bonds is 11. The first-order chi connectivity index (χ1) is 30.0. The van der Waals surface area contributed by atoms with E-state index in [1.807, 2.05) is 67.5 Å². The van der Waals surface area contributed by atoms with Gasteiger partial charge in [0, 0.05) is 34.4 Å². The molecule has 0 atom stereocenters. The number of hydrogen-bond acceptors (Lipinski definition) is 9. The fourth-order valence-corrected chi connectivity index (χ4v) is 8.11. The van der Waals surface area contributed by atoms with Gasteiger partial charge in [0.1, 0.15) is 36.4 Å². The summed E-state index contributed by atoms with van der Waals surface area (Å²) in [6, 6.07) is 44.7. The van der Waals surface area contributed by atoms with Crippen molar-refractivity contribution in [1.82, 2.24) is 40.0 Å². The number of aromatic amines is 2. The minimum absolute atomic E-state index is 0. The van der Waals surface area contributed by atoms with E-state index in [9.17, 15) is 5.02 Å². The van der Waals surface area contributed by atoms with E-state index in [1.54, 1.807) is 0 Å². The van der Waals surface area contributed by atoms with Crippen molar-refractivity contribution in [1.29, 1.82) is 0 Å². The molecule has 4 aromatic heterocycles. The summed E-state index contributed by atoms with van der Waals surface area (Å²) in [5.41, 5.74) is 10.0. The maximum atomic E-state index is 9.77. The second-order valence-corrected chi connectivity index (χ2v) is 15.9. The summed E-state index contributed by atoms with van der Waals surface area (Å²) in [5.74, 6) is 4.37. The quantitative estimate of drug-likeness (QED) is 0.0940. The van der Waals surface area contributed by atoms with Crippen LogP contribution in [0.4, 0.5) is 0 Å². The summed E-state index contributed by atoms with van der Waals surface area (Å²) in [4.78, 5) is 28.1. The van der Waals surface area contributed by atoms with Gasteiger partial charge in [-0.2, -0.15) is 0 Å². The van der Waals surface area contributed by atoms with E-state index in [2.05, 4.69) is 92.9 Å². The van der Waals surface area contributed by atoms with Crippen molar-refractivity contribution >= 4 is 29.4 Å². The number of hydrogen-bond donors (Lipinski definition) is 4. The Kier molecular flexibility index (Phi) is 13.7. The molecule has 12 heteroatoms. The maximum absolute atomic E-state index is 9.77. The highest BCUT2D eigenvalue weighted by molar-refractivity contribution is 6.45. The molecule has 0 saturated carbocycles. The number of para-hydroxylation sites is 2. The van der Waals surface area contributed by atoms with Crippen molar-refractivity contribution in [3.63, 3.8) is 0 Å². The highest BCUT2D eigenvalue weighted by Gasteiger charge is 2.26. The van der Waals surface area contributed by atoms with E-state index in [0.717, 1.165) is 131 Å². The molecule has 0 bridgehead atoms. The number of nitrogens with zero attached hydrogens (tertiary/aromatic N) is 5. The zero-order chi connectivity index (χ0) is 41.4. The Morgan fingerprint density at radius 2 is 1.00 bits per heavy atom. The monoisotopic (exact) mass is 826 g/mol. The highest BCUT2D eigenvalue weighted by atomic mass is 16.5. The van der Waals surface area contributed by atoms with E-state index in [0.29, 0.717) is 25.0 Å². The molecule has 2 aliphatic rings. The van der Waals surface area contributed by atoms with Crippen LogP contribution in [0.3, 0.4) is 0 Å². The molecule has 0 aliphatic carbocycles. The fourth-order valence-electron chi connectivity index (χ4n) is 8.11. The van der Waals surface area contributed by atoms with E-state index < -0.39 is 0 Å². The van der Waals surface area contributed by atoms with Gasteiger partial charge in [-0.05, 0) is 118 Å². The maximum Gasteiger partial charge on any atom is 0.376 e. The number of ether oxygens (including phenoxy) is 2. The van der Waals surface area contributed by atoms with Crippen LogP contribution in [0, 0.1) is 0 Å². The summed E-state index contributed by atoms with van der Waals surface area (Å²) in [6.07, 6.45) is 4.30.